The molecular weight excluding hydrogens is 290 g/mol. The van der Waals surface area contributed by atoms with Gasteiger partial charge in [0.05, 0.1) is 0 Å². The predicted molar refractivity (Wildman–Crippen MR) is 86.8 cm³/mol. The summed E-state index contributed by atoms with van der Waals surface area (Å²) >= 11 is 0. The molecule has 2 saturated carbocycles. The lowest BCUT2D eigenvalue weighted by Crippen LogP contribution is -2.38. The highest BCUT2D eigenvalue weighted by atomic mass is 16.2. The van der Waals surface area contributed by atoms with Gasteiger partial charge in [-0.05, 0) is 43.2 Å². The van der Waals surface area contributed by atoms with E-state index in [2.05, 4.69) is 4.98 Å². The zero-order valence-corrected chi connectivity index (χ0v) is 13.5. The van der Waals surface area contributed by atoms with Crippen LogP contribution < -0.4 is 0 Å². The summed E-state index contributed by atoms with van der Waals surface area (Å²) in [5.41, 5.74) is 0.637. The van der Waals surface area contributed by atoms with E-state index in [1.165, 1.54) is 25.7 Å². The largest absolute Gasteiger partial charge is 0.357 e. The first-order chi connectivity index (χ1) is 11.3. The molecule has 1 saturated heterocycles. The number of aromatic nitrogens is 1. The Morgan fingerprint density at radius 3 is 2.35 bits per heavy atom. The quantitative estimate of drug-likeness (QED) is 0.909. The fraction of sp³-hybridized carbons (Fsp3) is 0.667. The molecule has 3 fully saturated rings. The number of aromatic amines is 1. The molecule has 2 atom stereocenters. The summed E-state index contributed by atoms with van der Waals surface area (Å²) in [5, 5.41) is 0. The second-order valence-electron chi connectivity index (χ2n) is 7.19. The number of nitrogens with one attached hydrogen (secondary N) is 1. The van der Waals surface area contributed by atoms with Crippen LogP contribution in [0.3, 0.4) is 0 Å². The van der Waals surface area contributed by atoms with Crippen molar-refractivity contribution >= 4 is 11.8 Å². The van der Waals surface area contributed by atoms with Crippen LogP contribution in [0, 0.1) is 17.8 Å². The Morgan fingerprint density at radius 2 is 1.65 bits per heavy atom. The second kappa shape index (κ2) is 6.02. The number of rotatable bonds is 2. The van der Waals surface area contributed by atoms with Crippen molar-refractivity contribution in [1.29, 1.82) is 0 Å². The van der Waals surface area contributed by atoms with Gasteiger partial charge in [-0.25, -0.2) is 0 Å². The molecule has 5 nitrogen and oxygen atoms in total. The summed E-state index contributed by atoms with van der Waals surface area (Å²) in [5.74, 6) is 2.02. The van der Waals surface area contributed by atoms with Gasteiger partial charge < -0.3 is 14.8 Å². The Morgan fingerprint density at radius 1 is 0.957 bits per heavy atom. The molecule has 5 heteroatoms. The molecule has 3 aliphatic rings. The molecule has 0 spiro atoms. The predicted octanol–water partition coefficient (Wildman–Crippen LogP) is 2.13. The van der Waals surface area contributed by atoms with Crippen molar-refractivity contribution in [2.45, 2.75) is 32.1 Å². The maximum atomic E-state index is 12.8. The topological polar surface area (TPSA) is 56.4 Å². The van der Waals surface area contributed by atoms with Crippen LogP contribution in [-0.4, -0.2) is 52.8 Å². The number of hydrogen-bond acceptors (Lipinski definition) is 2. The minimum absolute atomic E-state index is 0.0457. The second-order valence-corrected chi connectivity index (χ2v) is 7.19. The lowest BCUT2D eigenvalue weighted by atomic mass is 10.0. The minimum atomic E-state index is 0.0457. The van der Waals surface area contributed by atoms with Gasteiger partial charge in [-0.3, -0.25) is 9.59 Å². The lowest BCUT2D eigenvalue weighted by molar-refractivity contribution is -0.133. The average molecular weight is 315 g/mol. The van der Waals surface area contributed by atoms with Crippen molar-refractivity contribution in [3.63, 3.8) is 0 Å². The third-order valence-corrected chi connectivity index (χ3v) is 5.86. The number of carbonyl (C=O) groups excluding carboxylic acids is 2. The SMILES string of the molecule is O=C(c1ccc[nH]1)N1CCCN(C(=O)C2[C@H]3CCCC[C@H]23)CC1. The van der Waals surface area contributed by atoms with Crippen LogP contribution in [0.5, 0.6) is 0 Å². The summed E-state index contributed by atoms with van der Waals surface area (Å²) in [6.07, 6.45) is 7.72. The van der Waals surface area contributed by atoms with E-state index in [0.717, 1.165) is 19.5 Å². The van der Waals surface area contributed by atoms with Crippen LogP contribution in [-0.2, 0) is 4.79 Å². The van der Waals surface area contributed by atoms with Gasteiger partial charge in [0.25, 0.3) is 5.91 Å². The van der Waals surface area contributed by atoms with Gasteiger partial charge in [0.2, 0.25) is 5.91 Å². The smallest absolute Gasteiger partial charge is 0.270 e. The molecule has 0 bridgehead atoms. The minimum Gasteiger partial charge on any atom is -0.357 e. The van der Waals surface area contributed by atoms with Gasteiger partial charge in [-0.2, -0.15) is 0 Å². The third-order valence-electron chi connectivity index (χ3n) is 5.86. The molecule has 2 aliphatic carbocycles. The van der Waals surface area contributed by atoms with Crippen molar-refractivity contribution in [1.82, 2.24) is 14.8 Å². The summed E-state index contributed by atoms with van der Waals surface area (Å²) in [7, 11) is 0. The molecule has 1 N–H and O–H groups in total. The molecular formula is C18H25N3O2. The van der Waals surface area contributed by atoms with E-state index in [4.69, 9.17) is 0 Å². The van der Waals surface area contributed by atoms with E-state index < -0.39 is 0 Å². The van der Waals surface area contributed by atoms with E-state index in [1.807, 2.05) is 21.9 Å². The molecule has 2 heterocycles. The Balaban J connectivity index is 1.36. The Bertz CT molecular complexity index is 571. The number of fused-ring (bicyclic) bond motifs is 1. The maximum absolute atomic E-state index is 12.8. The number of amides is 2. The van der Waals surface area contributed by atoms with Crippen LogP contribution in [0.25, 0.3) is 0 Å². The molecule has 1 aliphatic heterocycles. The van der Waals surface area contributed by atoms with Gasteiger partial charge in [-0.15, -0.1) is 0 Å². The Kier molecular flexibility index (Phi) is 3.87. The normalized spacial score (nSPS) is 30.5. The zero-order valence-electron chi connectivity index (χ0n) is 13.5. The van der Waals surface area contributed by atoms with Gasteiger partial charge in [0, 0.05) is 38.3 Å². The highest BCUT2D eigenvalue weighted by molar-refractivity contribution is 5.92. The first-order valence-electron chi connectivity index (χ1n) is 8.97. The fourth-order valence-corrected chi connectivity index (χ4v) is 4.54. The van der Waals surface area contributed by atoms with E-state index in [9.17, 15) is 9.59 Å². The Hall–Kier alpha value is -1.78. The highest BCUT2D eigenvalue weighted by Crippen LogP contribution is 2.56. The zero-order chi connectivity index (χ0) is 15.8. The van der Waals surface area contributed by atoms with Crippen LogP contribution in [0.2, 0.25) is 0 Å². The first-order valence-corrected chi connectivity index (χ1v) is 8.97. The number of nitrogens with zero attached hydrogens (tertiary/aromatic N) is 2. The summed E-state index contributed by atoms with van der Waals surface area (Å²) in [6.45, 7) is 2.86. The molecule has 4 rings (SSSR count). The summed E-state index contributed by atoms with van der Waals surface area (Å²) in [6, 6.07) is 3.65. The number of carbonyl (C=O) groups is 2. The third kappa shape index (κ3) is 2.77. The van der Waals surface area contributed by atoms with E-state index >= 15 is 0 Å². The summed E-state index contributed by atoms with van der Waals surface area (Å²) < 4.78 is 0. The van der Waals surface area contributed by atoms with Crippen LogP contribution in [0.15, 0.2) is 18.3 Å². The van der Waals surface area contributed by atoms with Crippen molar-refractivity contribution in [2.24, 2.45) is 17.8 Å². The molecule has 23 heavy (non-hydrogen) atoms. The Labute approximate surface area is 137 Å². The van der Waals surface area contributed by atoms with Crippen LogP contribution in [0.1, 0.15) is 42.6 Å². The standard InChI is InChI=1S/C18H25N3O2/c22-17(15-7-3-8-19-15)20-9-4-10-21(12-11-20)18(23)16-13-5-1-2-6-14(13)16/h3,7-8,13-14,16,19H,1-2,4-6,9-12H2/t13-,14-/m0/s1. The first kappa shape index (κ1) is 14.8. The molecule has 2 amide bonds. The van der Waals surface area contributed by atoms with Crippen molar-refractivity contribution in [2.75, 3.05) is 26.2 Å². The number of H-pyrrole nitrogens is 1. The van der Waals surface area contributed by atoms with E-state index in [1.54, 1.807) is 6.20 Å². The van der Waals surface area contributed by atoms with Gasteiger partial charge in [-0.1, -0.05) is 12.8 Å². The molecule has 124 valence electrons. The molecule has 1 aromatic heterocycles. The van der Waals surface area contributed by atoms with E-state index in [0.29, 0.717) is 42.4 Å². The fourth-order valence-electron chi connectivity index (χ4n) is 4.54. The van der Waals surface area contributed by atoms with Crippen molar-refractivity contribution < 1.29 is 9.59 Å². The van der Waals surface area contributed by atoms with Crippen LogP contribution in [0.4, 0.5) is 0 Å². The van der Waals surface area contributed by atoms with Gasteiger partial charge in [0.1, 0.15) is 5.69 Å². The highest BCUT2D eigenvalue weighted by Gasteiger charge is 2.55. The monoisotopic (exact) mass is 315 g/mol. The molecule has 0 unspecified atom stereocenters. The lowest BCUT2D eigenvalue weighted by Gasteiger charge is -2.22. The van der Waals surface area contributed by atoms with Gasteiger partial charge >= 0.3 is 0 Å². The van der Waals surface area contributed by atoms with Crippen molar-refractivity contribution in [3.05, 3.63) is 24.0 Å². The molecule has 0 aromatic carbocycles. The maximum Gasteiger partial charge on any atom is 0.270 e. The van der Waals surface area contributed by atoms with Gasteiger partial charge in [0.15, 0.2) is 0 Å². The van der Waals surface area contributed by atoms with Crippen LogP contribution >= 0.6 is 0 Å². The number of hydrogen-bond donors (Lipinski definition) is 1. The van der Waals surface area contributed by atoms with Crippen molar-refractivity contribution in [3.8, 4) is 0 Å². The molecule has 1 aromatic rings. The van der Waals surface area contributed by atoms with E-state index in [-0.39, 0.29) is 5.91 Å². The molecule has 0 radical (unpaired) electrons. The average Bonchev–Trinajstić information content (AvgIpc) is 3.16. The summed E-state index contributed by atoms with van der Waals surface area (Å²) in [4.78, 5) is 32.1.